The summed E-state index contributed by atoms with van der Waals surface area (Å²) in [6, 6.07) is 5.85. The number of thioether (sulfide) groups is 1. The number of halogens is 1. The van der Waals surface area contributed by atoms with Crippen molar-refractivity contribution in [2.24, 2.45) is 5.41 Å². The number of nitrogens with zero attached hydrogens (tertiary/aromatic N) is 2. The van der Waals surface area contributed by atoms with Gasteiger partial charge in [-0.05, 0) is 47.4 Å². The summed E-state index contributed by atoms with van der Waals surface area (Å²) in [6.07, 6.45) is 2.57. The first-order valence-corrected chi connectivity index (χ1v) is 11.1. The van der Waals surface area contributed by atoms with Crippen molar-refractivity contribution in [3.63, 3.8) is 0 Å². The third-order valence-electron chi connectivity index (χ3n) is 4.91. The van der Waals surface area contributed by atoms with Crippen LogP contribution < -0.4 is 10.2 Å². The molecule has 2 heterocycles. The monoisotopic (exact) mass is 415 g/mol. The summed E-state index contributed by atoms with van der Waals surface area (Å²) < 4.78 is 13.6. The Morgan fingerprint density at radius 3 is 2.76 bits per heavy atom. The average molecular weight is 416 g/mol. The van der Waals surface area contributed by atoms with E-state index < -0.39 is 0 Å². The molecular weight excluding hydrogens is 385 g/mol. The highest BCUT2D eigenvalue weighted by Gasteiger charge is 2.22. The van der Waals surface area contributed by atoms with Crippen LogP contribution in [0.5, 0.6) is 0 Å². The fourth-order valence-corrected chi connectivity index (χ4v) is 4.50. The van der Waals surface area contributed by atoms with Crippen LogP contribution in [0.25, 0.3) is 0 Å². The van der Waals surface area contributed by atoms with Crippen molar-refractivity contribution in [1.29, 1.82) is 0 Å². The third kappa shape index (κ3) is 5.50. The SMILES string of the molecule is CCSc1cc(N2CCc3ncc(F)cc3C2)cc(C)c1NC(=O)CC(C)(C)C. The summed E-state index contributed by atoms with van der Waals surface area (Å²) in [5, 5.41) is 3.14. The van der Waals surface area contributed by atoms with Gasteiger partial charge in [0, 0.05) is 42.2 Å². The minimum atomic E-state index is -0.291. The molecule has 1 amide bonds. The Labute approximate surface area is 177 Å². The molecule has 0 unspecified atom stereocenters. The molecule has 0 saturated heterocycles. The molecule has 0 spiro atoms. The van der Waals surface area contributed by atoms with Gasteiger partial charge in [0.1, 0.15) is 5.82 Å². The van der Waals surface area contributed by atoms with E-state index in [1.807, 2.05) is 6.92 Å². The van der Waals surface area contributed by atoms with Gasteiger partial charge in [-0.1, -0.05) is 27.7 Å². The van der Waals surface area contributed by atoms with Gasteiger partial charge < -0.3 is 10.2 Å². The van der Waals surface area contributed by atoms with Crippen LogP contribution in [0, 0.1) is 18.2 Å². The Bertz CT molecular complexity index is 908. The average Bonchev–Trinajstić information content (AvgIpc) is 2.62. The van der Waals surface area contributed by atoms with Crippen molar-refractivity contribution in [1.82, 2.24) is 4.98 Å². The van der Waals surface area contributed by atoms with Gasteiger partial charge in [0.2, 0.25) is 5.91 Å². The number of nitrogens with one attached hydrogen (secondary N) is 1. The maximum Gasteiger partial charge on any atom is 0.224 e. The minimum Gasteiger partial charge on any atom is -0.367 e. The van der Waals surface area contributed by atoms with Gasteiger partial charge in [-0.25, -0.2) is 4.39 Å². The molecular formula is C23H30FN3OS. The fraction of sp³-hybridized carbons (Fsp3) is 0.478. The van der Waals surface area contributed by atoms with Crippen molar-refractivity contribution in [3.05, 3.63) is 47.0 Å². The maximum absolute atomic E-state index is 13.6. The number of aryl methyl sites for hydroxylation is 1. The standard InChI is InChI=1S/C23H30FN3OS/c1-6-29-20-11-18(9-15(2)22(20)26-21(28)12-23(3,4)5)27-8-7-19-16(14-27)10-17(24)13-25-19/h9-11,13H,6-8,12,14H2,1-5H3,(H,26,28). The van der Waals surface area contributed by atoms with Crippen LogP contribution in [0.4, 0.5) is 15.8 Å². The lowest BCUT2D eigenvalue weighted by Crippen LogP contribution is -2.31. The molecule has 2 aromatic rings. The predicted octanol–water partition coefficient (Wildman–Crippen LogP) is 5.58. The Morgan fingerprint density at radius 2 is 2.07 bits per heavy atom. The Morgan fingerprint density at radius 1 is 1.31 bits per heavy atom. The molecule has 1 N–H and O–H groups in total. The van der Waals surface area contributed by atoms with Crippen LogP contribution in [-0.4, -0.2) is 23.2 Å². The van der Waals surface area contributed by atoms with E-state index in [4.69, 9.17) is 0 Å². The summed E-state index contributed by atoms with van der Waals surface area (Å²) in [5.41, 5.74) is 4.92. The number of carbonyl (C=O) groups excluding carboxylic acids is 1. The topological polar surface area (TPSA) is 45.2 Å². The minimum absolute atomic E-state index is 0.0414. The van der Waals surface area contributed by atoms with Gasteiger partial charge in [0.15, 0.2) is 0 Å². The lowest BCUT2D eigenvalue weighted by Gasteiger charge is -2.31. The van der Waals surface area contributed by atoms with E-state index >= 15 is 0 Å². The molecule has 156 valence electrons. The first kappa shape index (κ1) is 21.6. The van der Waals surface area contributed by atoms with Crippen LogP contribution in [0.3, 0.4) is 0 Å². The molecule has 1 aromatic carbocycles. The first-order valence-electron chi connectivity index (χ1n) is 10.1. The summed E-state index contributed by atoms with van der Waals surface area (Å²) in [5.74, 6) is 0.670. The van der Waals surface area contributed by atoms with Gasteiger partial charge in [-0.15, -0.1) is 11.8 Å². The van der Waals surface area contributed by atoms with Crippen LogP contribution in [0.1, 0.15) is 50.9 Å². The molecule has 1 aliphatic rings. The number of pyridine rings is 1. The number of carbonyl (C=O) groups is 1. The molecule has 1 aromatic heterocycles. The Hall–Kier alpha value is -2.08. The predicted molar refractivity (Wildman–Crippen MR) is 119 cm³/mol. The maximum atomic E-state index is 13.6. The quantitative estimate of drug-likeness (QED) is 0.648. The van der Waals surface area contributed by atoms with Gasteiger partial charge >= 0.3 is 0 Å². The van der Waals surface area contributed by atoms with Crippen molar-refractivity contribution in [3.8, 4) is 0 Å². The van der Waals surface area contributed by atoms with Gasteiger partial charge in [0.05, 0.1) is 11.9 Å². The lowest BCUT2D eigenvalue weighted by molar-refractivity contribution is -0.117. The molecule has 29 heavy (non-hydrogen) atoms. The summed E-state index contributed by atoms with van der Waals surface area (Å²) >= 11 is 1.73. The molecule has 1 aliphatic heterocycles. The van der Waals surface area contributed by atoms with E-state index in [-0.39, 0.29) is 17.1 Å². The lowest BCUT2D eigenvalue weighted by atomic mass is 9.92. The number of fused-ring (bicyclic) bond motifs is 1. The largest absolute Gasteiger partial charge is 0.367 e. The Kier molecular flexibility index (Phi) is 6.52. The number of rotatable bonds is 5. The van der Waals surface area contributed by atoms with E-state index in [0.29, 0.717) is 13.0 Å². The van der Waals surface area contributed by atoms with Crippen LogP contribution in [-0.2, 0) is 17.8 Å². The number of hydrogen-bond donors (Lipinski definition) is 1. The third-order valence-corrected chi connectivity index (χ3v) is 5.83. The van der Waals surface area contributed by atoms with Gasteiger partial charge in [0.25, 0.3) is 0 Å². The van der Waals surface area contributed by atoms with E-state index in [0.717, 1.165) is 51.8 Å². The zero-order valence-corrected chi connectivity index (χ0v) is 18.8. The van der Waals surface area contributed by atoms with Crippen molar-refractivity contribution in [2.45, 2.75) is 58.9 Å². The van der Waals surface area contributed by atoms with E-state index in [9.17, 15) is 9.18 Å². The number of aromatic nitrogens is 1. The van der Waals surface area contributed by atoms with E-state index in [1.54, 1.807) is 17.8 Å². The molecule has 3 rings (SSSR count). The second kappa shape index (κ2) is 8.74. The summed E-state index contributed by atoms with van der Waals surface area (Å²) in [4.78, 5) is 20.1. The van der Waals surface area contributed by atoms with Crippen molar-refractivity contribution >= 4 is 29.0 Å². The number of hydrogen-bond acceptors (Lipinski definition) is 4. The number of benzene rings is 1. The highest BCUT2D eigenvalue weighted by atomic mass is 32.2. The zero-order chi connectivity index (χ0) is 21.2. The summed E-state index contributed by atoms with van der Waals surface area (Å²) in [6.45, 7) is 11.8. The first-order chi connectivity index (χ1) is 13.7. The second-order valence-corrected chi connectivity index (χ2v) is 10.1. The van der Waals surface area contributed by atoms with Crippen LogP contribution in [0.15, 0.2) is 29.3 Å². The van der Waals surface area contributed by atoms with E-state index in [2.05, 4.69) is 55.0 Å². The molecule has 0 fully saturated rings. The fourth-order valence-electron chi connectivity index (χ4n) is 3.63. The normalized spacial score (nSPS) is 13.9. The number of amides is 1. The van der Waals surface area contributed by atoms with Gasteiger partial charge in [-0.2, -0.15) is 0 Å². The van der Waals surface area contributed by atoms with Crippen LogP contribution in [0.2, 0.25) is 0 Å². The highest BCUT2D eigenvalue weighted by molar-refractivity contribution is 7.99. The number of anilines is 2. The molecule has 0 bridgehead atoms. The molecule has 0 atom stereocenters. The second-order valence-electron chi connectivity index (χ2n) is 8.79. The Balaban J connectivity index is 1.87. The van der Waals surface area contributed by atoms with E-state index in [1.165, 1.54) is 6.20 Å². The molecule has 0 radical (unpaired) electrons. The summed E-state index contributed by atoms with van der Waals surface area (Å²) in [7, 11) is 0. The highest BCUT2D eigenvalue weighted by Crippen LogP contribution is 2.36. The van der Waals surface area contributed by atoms with Gasteiger partial charge in [-0.3, -0.25) is 9.78 Å². The molecule has 4 nitrogen and oxygen atoms in total. The molecule has 0 saturated carbocycles. The molecule has 0 aliphatic carbocycles. The zero-order valence-electron chi connectivity index (χ0n) is 17.9. The van der Waals surface area contributed by atoms with Crippen molar-refractivity contribution in [2.75, 3.05) is 22.5 Å². The van der Waals surface area contributed by atoms with Crippen LogP contribution >= 0.6 is 11.8 Å². The van der Waals surface area contributed by atoms with Crippen molar-refractivity contribution < 1.29 is 9.18 Å². The molecule has 6 heteroatoms. The smallest absolute Gasteiger partial charge is 0.224 e.